The second-order valence-corrected chi connectivity index (χ2v) is 9.85. The van der Waals surface area contributed by atoms with Gasteiger partial charge in [-0.05, 0) is 36.3 Å². The molecule has 4 atom stereocenters. The van der Waals surface area contributed by atoms with E-state index in [-0.39, 0.29) is 17.2 Å². The molecular formula is C26H33N3O2. The van der Waals surface area contributed by atoms with Gasteiger partial charge in [-0.2, -0.15) is 0 Å². The summed E-state index contributed by atoms with van der Waals surface area (Å²) in [5.74, 6) is 0.121. The molecule has 3 unspecified atom stereocenters. The van der Waals surface area contributed by atoms with Crippen LogP contribution in [0.25, 0.3) is 0 Å². The number of carbonyl (C=O) groups is 1. The fourth-order valence-electron chi connectivity index (χ4n) is 6.06. The Morgan fingerprint density at radius 1 is 1.13 bits per heavy atom. The van der Waals surface area contributed by atoms with Crippen LogP contribution in [0.4, 0.5) is 0 Å². The quantitative estimate of drug-likeness (QED) is 0.603. The van der Waals surface area contributed by atoms with Crippen LogP contribution in [-0.4, -0.2) is 35.2 Å². The minimum Gasteiger partial charge on any atom is -0.375 e. The van der Waals surface area contributed by atoms with Gasteiger partial charge in [-0.1, -0.05) is 73.5 Å². The number of nitrogens with two attached hydrogens (primary N) is 1. The molecule has 2 aromatic carbocycles. The molecule has 0 radical (unpaired) electrons. The molecule has 1 saturated heterocycles. The number of carbonyl (C=O) groups excluding carboxylic acids is 1. The highest BCUT2D eigenvalue weighted by Crippen LogP contribution is 2.59. The van der Waals surface area contributed by atoms with Gasteiger partial charge in [-0.25, -0.2) is 0 Å². The molecule has 5 heteroatoms. The number of hydrogen-bond acceptors (Lipinski definition) is 4. The molecule has 5 rings (SSSR count). The third kappa shape index (κ3) is 3.69. The molecule has 4 N–H and O–H groups in total. The summed E-state index contributed by atoms with van der Waals surface area (Å²) in [6.45, 7) is 2.82. The Kier molecular flexibility index (Phi) is 5.37. The van der Waals surface area contributed by atoms with E-state index in [4.69, 9.17) is 5.73 Å². The van der Waals surface area contributed by atoms with Gasteiger partial charge < -0.3 is 16.2 Å². The number of aliphatic hydroxyl groups is 1. The van der Waals surface area contributed by atoms with Crippen molar-refractivity contribution in [1.29, 1.82) is 0 Å². The van der Waals surface area contributed by atoms with Gasteiger partial charge in [0, 0.05) is 31.0 Å². The molecular weight excluding hydrogens is 386 g/mol. The molecule has 2 saturated carbocycles. The van der Waals surface area contributed by atoms with Gasteiger partial charge in [0.1, 0.15) is 0 Å². The predicted octanol–water partition coefficient (Wildman–Crippen LogP) is 2.99. The molecule has 31 heavy (non-hydrogen) atoms. The zero-order valence-electron chi connectivity index (χ0n) is 18.0. The fourth-order valence-corrected chi connectivity index (χ4v) is 6.06. The van der Waals surface area contributed by atoms with Gasteiger partial charge in [0.2, 0.25) is 0 Å². The molecule has 3 aliphatic rings. The Morgan fingerprint density at radius 2 is 1.77 bits per heavy atom. The summed E-state index contributed by atoms with van der Waals surface area (Å²) in [4.78, 5) is 15.9. The third-order valence-electron chi connectivity index (χ3n) is 7.94. The number of nitrogens with one attached hydrogen (secondary N) is 1. The van der Waals surface area contributed by atoms with Crippen LogP contribution in [0.2, 0.25) is 0 Å². The maximum atomic E-state index is 13.5. The molecule has 0 spiro atoms. The van der Waals surface area contributed by atoms with Crippen molar-refractivity contribution in [1.82, 2.24) is 10.2 Å². The van der Waals surface area contributed by atoms with Crippen LogP contribution in [0.15, 0.2) is 60.7 Å². The number of nitrogens with zero attached hydrogens (tertiary/aromatic N) is 1. The first-order chi connectivity index (χ1) is 15.0. The highest BCUT2D eigenvalue weighted by molar-refractivity contribution is 5.87. The topological polar surface area (TPSA) is 78.6 Å². The first kappa shape index (κ1) is 20.7. The van der Waals surface area contributed by atoms with Gasteiger partial charge in [0.15, 0.2) is 5.60 Å². The average Bonchev–Trinajstić information content (AvgIpc) is 3.13. The van der Waals surface area contributed by atoms with E-state index in [1.54, 1.807) is 0 Å². The number of fused-ring (bicyclic) bond motifs is 1. The standard InChI is InChI=1S/C26H33N3O2/c27-23(25-15-22(25)17-29(18-25)16-19-9-3-1-4-10-19)28-24(30)26(31,21-13-7-8-14-21)20-11-5-2-6-12-20/h1-6,9-12,21-23,31H,7-8,13-18,27H2,(H,28,30)/t22?,23?,25?,26-/m0/s1. The van der Waals surface area contributed by atoms with Crippen LogP contribution in [-0.2, 0) is 16.9 Å². The van der Waals surface area contributed by atoms with Crippen molar-refractivity contribution in [2.75, 3.05) is 13.1 Å². The highest BCUT2D eigenvalue weighted by Gasteiger charge is 2.63. The second kappa shape index (κ2) is 8.05. The van der Waals surface area contributed by atoms with Crippen molar-refractivity contribution < 1.29 is 9.90 Å². The zero-order valence-corrected chi connectivity index (χ0v) is 18.0. The van der Waals surface area contributed by atoms with E-state index in [1.165, 1.54) is 5.56 Å². The van der Waals surface area contributed by atoms with Crippen LogP contribution in [0.1, 0.15) is 43.2 Å². The lowest BCUT2D eigenvalue weighted by Crippen LogP contribution is -2.57. The monoisotopic (exact) mass is 419 g/mol. The largest absolute Gasteiger partial charge is 0.375 e. The Bertz CT molecular complexity index is 915. The van der Waals surface area contributed by atoms with E-state index in [0.717, 1.165) is 51.7 Å². The maximum Gasteiger partial charge on any atom is 0.258 e. The number of benzene rings is 2. The number of likely N-dealkylation sites (tertiary alicyclic amines) is 1. The summed E-state index contributed by atoms with van der Waals surface area (Å²) in [6, 6.07) is 19.9. The number of hydrogen-bond donors (Lipinski definition) is 3. The highest BCUT2D eigenvalue weighted by atomic mass is 16.3. The van der Waals surface area contributed by atoms with Gasteiger partial charge in [-0.3, -0.25) is 9.69 Å². The molecule has 0 bridgehead atoms. The van der Waals surface area contributed by atoms with E-state index in [9.17, 15) is 9.90 Å². The molecule has 2 aromatic rings. The van der Waals surface area contributed by atoms with E-state index >= 15 is 0 Å². The zero-order chi connectivity index (χ0) is 21.5. The Morgan fingerprint density at radius 3 is 2.45 bits per heavy atom. The maximum absolute atomic E-state index is 13.5. The van der Waals surface area contributed by atoms with Crippen LogP contribution in [0.5, 0.6) is 0 Å². The lowest BCUT2D eigenvalue weighted by Gasteiger charge is -2.35. The minimum atomic E-state index is -1.52. The van der Waals surface area contributed by atoms with Gasteiger partial charge in [-0.15, -0.1) is 0 Å². The molecule has 3 fully saturated rings. The fraction of sp³-hybridized carbons (Fsp3) is 0.500. The number of rotatable bonds is 7. The smallest absolute Gasteiger partial charge is 0.258 e. The normalized spacial score (nSPS) is 28.6. The predicted molar refractivity (Wildman–Crippen MR) is 121 cm³/mol. The van der Waals surface area contributed by atoms with Crippen molar-refractivity contribution in [3.8, 4) is 0 Å². The van der Waals surface area contributed by atoms with Crippen molar-refractivity contribution in [3.63, 3.8) is 0 Å². The molecule has 164 valence electrons. The molecule has 2 aliphatic carbocycles. The number of amides is 1. The lowest BCUT2D eigenvalue weighted by atomic mass is 9.79. The van der Waals surface area contributed by atoms with Crippen molar-refractivity contribution in [2.45, 2.75) is 50.4 Å². The molecule has 5 nitrogen and oxygen atoms in total. The van der Waals surface area contributed by atoms with E-state index in [1.807, 2.05) is 36.4 Å². The van der Waals surface area contributed by atoms with E-state index in [2.05, 4.69) is 34.5 Å². The van der Waals surface area contributed by atoms with Crippen LogP contribution >= 0.6 is 0 Å². The molecule has 1 aliphatic heterocycles. The SMILES string of the molecule is NC(NC(=O)[C@](O)(c1ccccc1)C1CCCC1)C12CC1CN(Cc1ccccc1)C2. The molecule has 1 heterocycles. The summed E-state index contributed by atoms with van der Waals surface area (Å²) >= 11 is 0. The summed E-state index contributed by atoms with van der Waals surface area (Å²) in [6.07, 6.45) is 4.45. The summed E-state index contributed by atoms with van der Waals surface area (Å²) in [7, 11) is 0. The Balaban J connectivity index is 1.29. The van der Waals surface area contributed by atoms with Crippen LogP contribution < -0.4 is 11.1 Å². The van der Waals surface area contributed by atoms with Crippen molar-refractivity contribution in [3.05, 3.63) is 71.8 Å². The Hall–Kier alpha value is -2.21. The van der Waals surface area contributed by atoms with Crippen molar-refractivity contribution in [2.24, 2.45) is 23.0 Å². The van der Waals surface area contributed by atoms with Crippen LogP contribution in [0, 0.1) is 17.3 Å². The second-order valence-electron chi connectivity index (χ2n) is 9.85. The molecule has 0 aromatic heterocycles. The first-order valence-corrected chi connectivity index (χ1v) is 11.6. The van der Waals surface area contributed by atoms with Crippen LogP contribution in [0.3, 0.4) is 0 Å². The summed E-state index contributed by atoms with van der Waals surface area (Å²) in [5.41, 5.74) is 7.00. The number of piperidine rings is 1. The third-order valence-corrected chi connectivity index (χ3v) is 7.94. The lowest BCUT2D eigenvalue weighted by molar-refractivity contribution is -0.148. The first-order valence-electron chi connectivity index (χ1n) is 11.6. The van der Waals surface area contributed by atoms with Gasteiger partial charge >= 0.3 is 0 Å². The molecule has 1 amide bonds. The van der Waals surface area contributed by atoms with E-state index < -0.39 is 11.8 Å². The summed E-state index contributed by atoms with van der Waals surface area (Å²) < 4.78 is 0. The minimum absolute atomic E-state index is 0.0623. The Labute approximate surface area is 184 Å². The average molecular weight is 420 g/mol. The van der Waals surface area contributed by atoms with Crippen molar-refractivity contribution >= 4 is 5.91 Å². The van der Waals surface area contributed by atoms with Gasteiger partial charge in [0.05, 0.1) is 6.17 Å². The van der Waals surface area contributed by atoms with E-state index in [0.29, 0.717) is 11.5 Å². The van der Waals surface area contributed by atoms with Gasteiger partial charge in [0.25, 0.3) is 5.91 Å². The summed E-state index contributed by atoms with van der Waals surface area (Å²) in [5, 5.41) is 14.8.